The summed E-state index contributed by atoms with van der Waals surface area (Å²) in [5.41, 5.74) is 0.533. The lowest BCUT2D eigenvalue weighted by molar-refractivity contribution is -0.151. The Morgan fingerprint density at radius 2 is 1.74 bits per heavy atom. The summed E-state index contributed by atoms with van der Waals surface area (Å²) >= 11 is 0. The summed E-state index contributed by atoms with van der Waals surface area (Å²) < 4.78 is 16.0. The van der Waals surface area contributed by atoms with Crippen LogP contribution in [0, 0.1) is 11.3 Å². The van der Waals surface area contributed by atoms with Crippen molar-refractivity contribution in [3.05, 3.63) is 60.2 Å². The van der Waals surface area contributed by atoms with E-state index in [1.807, 2.05) is 36.4 Å². The van der Waals surface area contributed by atoms with Crippen molar-refractivity contribution in [3.63, 3.8) is 0 Å². The van der Waals surface area contributed by atoms with Crippen LogP contribution in [0.4, 0.5) is 0 Å². The number of rotatable bonds is 7. The number of ether oxygens (including phenoxy) is 3. The van der Waals surface area contributed by atoms with Crippen molar-refractivity contribution in [1.82, 2.24) is 0 Å². The molecule has 1 atom stereocenters. The molecular weight excluding hydrogens is 294 g/mol. The zero-order valence-electron chi connectivity index (χ0n) is 12.8. The molecule has 118 valence electrons. The zero-order valence-corrected chi connectivity index (χ0v) is 12.8. The van der Waals surface area contributed by atoms with Crippen LogP contribution in [0.1, 0.15) is 12.5 Å². The predicted molar refractivity (Wildman–Crippen MR) is 84.1 cm³/mol. The molecule has 5 heteroatoms. The van der Waals surface area contributed by atoms with Crippen molar-refractivity contribution < 1.29 is 19.0 Å². The quantitative estimate of drug-likeness (QED) is 0.581. The van der Waals surface area contributed by atoms with E-state index in [2.05, 4.69) is 0 Å². The van der Waals surface area contributed by atoms with E-state index in [1.165, 1.54) is 0 Å². The third-order valence-electron chi connectivity index (χ3n) is 2.97. The first-order valence-electron chi connectivity index (χ1n) is 7.20. The highest BCUT2D eigenvalue weighted by Crippen LogP contribution is 2.14. The van der Waals surface area contributed by atoms with Gasteiger partial charge in [-0.15, -0.1) is 0 Å². The maximum atomic E-state index is 11.8. The molecule has 0 amide bonds. The minimum Gasteiger partial charge on any atom is -0.490 e. The SMILES string of the molecule is C[C@H](Oc1ccc(C#N)cc1)C(=O)OCCOc1ccccc1. The van der Waals surface area contributed by atoms with E-state index in [0.717, 1.165) is 5.75 Å². The fourth-order valence-electron chi connectivity index (χ4n) is 1.80. The molecule has 0 unspecified atom stereocenters. The molecule has 0 N–H and O–H groups in total. The molecule has 0 aliphatic rings. The molecule has 0 aliphatic heterocycles. The Hall–Kier alpha value is -3.00. The van der Waals surface area contributed by atoms with Crippen molar-refractivity contribution >= 4 is 5.97 Å². The number of hydrogen-bond acceptors (Lipinski definition) is 5. The summed E-state index contributed by atoms with van der Waals surface area (Å²) in [6.07, 6.45) is -0.736. The Bertz CT molecular complexity index is 662. The van der Waals surface area contributed by atoms with Gasteiger partial charge in [0, 0.05) is 0 Å². The predicted octanol–water partition coefficient (Wildman–Crippen LogP) is 2.95. The maximum absolute atomic E-state index is 11.8. The molecule has 2 aromatic carbocycles. The Kier molecular flexibility index (Phi) is 6.01. The van der Waals surface area contributed by atoms with E-state index >= 15 is 0 Å². The molecule has 0 heterocycles. The van der Waals surface area contributed by atoms with Crippen LogP contribution < -0.4 is 9.47 Å². The fraction of sp³-hybridized carbons (Fsp3) is 0.222. The summed E-state index contributed by atoms with van der Waals surface area (Å²) in [7, 11) is 0. The summed E-state index contributed by atoms with van der Waals surface area (Å²) in [5.74, 6) is 0.769. The third-order valence-corrected chi connectivity index (χ3v) is 2.97. The van der Waals surface area contributed by atoms with Gasteiger partial charge in [0.2, 0.25) is 0 Å². The number of hydrogen-bond donors (Lipinski definition) is 0. The van der Waals surface area contributed by atoms with Gasteiger partial charge >= 0.3 is 5.97 Å². The van der Waals surface area contributed by atoms with E-state index in [4.69, 9.17) is 19.5 Å². The van der Waals surface area contributed by atoms with Crippen LogP contribution in [0.25, 0.3) is 0 Å². The topological polar surface area (TPSA) is 68.5 Å². The highest BCUT2D eigenvalue weighted by Gasteiger charge is 2.16. The van der Waals surface area contributed by atoms with Crippen molar-refractivity contribution in [1.29, 1.82) is 5.26 Å². The molecule has 0 spiro atoms. The van der Waals surface area contributed by atoms with E-state index in [9.17, 15) is 4.79 Å². The van der Waals surface area contributed by atoms with Gasteiger partial charge in [-0.3, -0.25) is 0 Å². The van der Waals surface area contributed by atoms with E-state index in [1.54, 1.807) is 31.2 Å². The average Bonchev–Trinajstić information content (AvgIpc) is 2.60. The number of nitrogens with zero attached hydrogens (tertiary/aromatic N) is 1. The second-order valence-electron chi connectivity index (χ2n) is 4.73. The van der Waals surface area contributed by atoms with Gasteiger partial charge in [-0.25, -0.2) is 4.79 Å². The first kappa shape index (κ1) is 16.4. The molecular formula is C18H17NO4. The lowest BCUT2D eigenvalue weighted by atomic mass is 10.2. The molecule has 0 saturated carbocycles. The molecule has 5 nitrogen and oxygen atoms in total. The second-order valence-corrected chi connectivity index (χ2v) is 4.73. The normalized spacial score (nSPS) is 11.1. The second kappa shape index (κ2) is 8.44. The highest BCUT2D eigenvalue weighted by atomic mass is 16.6. The van der Waals surface area contributed by atoms with Gasteiger partial charge in [-0.2, -0.15) is 5.26 Å². The number of benzene rings is 2. The summed E-state index contributed by atoms with van der Waals surface area (Å²) in [4.78, 5) is 11.8. The van der Waals surface area contributed by atoms with Gasteiger partial charge < -0.3 is 14.2 Å². The monoisotopic (exact) mass is 311 g/mol. The van der Waals surface area contributed by atoms with Crippen LogP contribution in [0.5, 0.6) is 11.5 Å². The van der Waals surface area contributed by atoms with Gasteiger partial charge in [0.15, 0.2) is 6.10 Å². The Morgan fingerprint density at radius 3 is 2.39 bits per heavy atom. The Labute approximate surface area is 135 Å². The largest absolute Gasteiger partial charge is 0.490 e. The number of nitriles is 1. The molecule has 0 bridgehead atoms. The van der Waals surface area contributed by atoms with Crippen LogP contribution >= 0.6 is 0 Å². The number of para-hydroxylation sites is 1. The minimum absolute atomic E-state index is 0.148. The average molecular weight is 311 g/mol. The molecule has 0 fully saturated rings. The molecule has 0 saturated heterocycles. The maximum Gasteiger partial charge on any atom is 0.347 e. The van der Waals surface area contributed by atoms with E-state index in [0.29, 0.717) is 11.3 Å². The molecule has 23 heavy (non-hydrogen) atoms. The van der Waals surface area contributed by atoms with Gasteiger partial charge in [0.05, 0.1) is 11.6 Å². The number of carbonyl (C=O) groups excluding carboxylic acids is 1. The highest BCUT2D eigenvalue weighted by molar-refractivity contribution is 5.74. The summed E-state index contributed by atoms with van der Waals surface area (Å²) in [5, 5.41) is 8.72. The van der Waals surface area contributed by atoms with Gasteiger partial charge in [-0.05, 0) is 43.3 Å². The van der Waals surface area contributed by atoms with Crippen molar-refractivity contribution in [3.8, 4) is 17.6 Å². The van der Waals surface area contributed by atoms with E-state index < -0.39 is 12.1 Å². The third kappa shape index (κ3) is 5.36. The van der Waals surface area contributed by atoms with Crippen molar-refractivity contribution in [2.75, 3.05) is 13.2 Å². The van der Waals surface area contributed by atoms with Crippen LogP contribution in [0.3, 0.4) is 0 Å². The van der Waals surface area contributed by atoms with Gasteiger partial charge in [-0.1, -0.05) is 18.2 Å². The summed E-state index contributed by atoms with van der Waals surface area (Å²) in [6.45, 7) is 2.03. The first-order chi connectivity index (χ1) is 11.2. The molecule has 0 aliphatic carbocycles. The standard InChI is InChI=1S/C18H17NO4/c1-14(23-17-9-7-15(13-19)8-10-17)18(20)22-12-11-21-16-5-3-2-4-6-16/h2-10,14H,11-12H2,1H3/t14-/m0/s1. The minimum atomic E-state index is -0.736. The van der Waals surface area contributed by atoms with Crippen LogP contribution in [0.15, 0.2) is 54.6 Å². The first-order valence-corrected chi connectivity index (χ1v) is 7.20. The number of esters is 1. The van der Waals surface area contributed by atoms with Crippen LogP contribution in [-0.2, 0) is 9.53 Å². The van der Waals surface area contributed by atoms with E-state index in [-0.39, 0.29) is 13.2 Å². The fourth-order valence-corrected chi connectivity index (χ4v) is 1.80. The molecule has 2 rings (SSSR count). The Morgan fingerprint density at radius 1 is 1.04 bits per heavy atom. The Balaban J connectivity index is 1.71. The molecule has 0 radical (unpaired) electrons. The zero-order chi connectivity index (χ0) is 16.5. The van der Waals surface area contributed by atoms with Gasteiger partial charge in [0.25, 0.3) is 0 Å². The smallest absolute Gasteiger partial charge is 0.347 e. The molecule has 2 aromatic rings. The lowest BCUT2D eigenvalue weighted by Crippen LogP contribution is -2.27. The number of carbonyl (C=O) groups is 1. The summed E-state index contributed by atoms with van der Waals surface area (Å²) in [6, 6.07) is 17.8. The van der Waals surface area contributed by atoms with Crippen molar-refractivity contribution in [2.45, 2.75) is 13.0 Å². The van der Waals surface area contributed by atoms with Gasteiger partial charge in [0.1, 0.15) is 24.7 Å². The van der Waals surface area contributed by atoms with Crippen molar-refractivity contribution in [2.24, 2.45) is 0 Å². The van der Waals surface area contributed by atoms with Crippen LogP contribution in [-0.4, -0.2) is 25.3 Å². The molecule has 0 aromatic heterocycles. The van der Waals surface area contributed by atoms with Crippen LogP contribution in [0.2, 0.25) is 0 Å². The lowest BCUT2D eigenvalue weighted by Gasteiger charge is -2.14.